The van der Waals surface area contributed by atoms with E-state index in [0.29, 0.717) is 5.56 Å². The number of nitrogens with one attached hydrogen (secondary N) is 1. The summed E-state index contributed by atoms with van der Waals surface area (Å²) in [6, 6.07) is 18.1. The average molecular weight is 403 g/mol. The predicted octanol–water partition coefficient (Wildman–Crippen LogP) is 3.49. The number of amides is 1. The van der Waals surface area contributed by atoms with Crippen LogP contribution in [0, 0.1) is 0 Å². The van der Waals surface area contributed by atoms with E-state index in [1.54, 1.807) is 24.3 Å². The van der Waals surface area contributed by atoms with Gasteiger partial charge in [0, 0.05) is 13.1 Å². The summed E-state index contributed by atoms with van der Waals surface area (Å²) in [6.07, 6.45) is 1.84. The molecule has 0 saturated carbocycles. The van der Waals surface area contributed by atoms with E-state index in [1.165, 1.54) is 12.6 Å². The average Bonchev–Trinajstić information content (AvgIpc) is 2.62. The highest BCUT2D eigenvalue weighted by Crippen LogP contribution is 2.29. The molecule has 0 aliphatic rings. The lowest BCUT2D eigenvalue weighted by molar-refractivity contribution is -0.125. The number of carbonyl (C=O) groups is 1. The standard InChI is InChI=1S/C22H30N2O3S/c1-17(16-22(2,3)19-14-10-7-11-15-19)23-21(25)20(24(4)28(5,26)27)18-12-8-6-9-13-18/h6-15,17,20H,16H2,1-5H3,(H,23,25)/t17-,20-/m0/s1. The molecule has 0 aromatic heterocycles. The molecular formula is C22H30N2O3S. The zero-order chi connectivity index (χ0) is 20.9. The second-order valence-electron chi connectivity index (χ2n) is 7.96. The van der Waals surface area contributed by atoms with Crippen LogP contribution < -0.4 is 5.32 Å². The van der Waals surface area contributed by atoms with Gasteiger partial charge in [-0.2, -0.15) is 4.31 Å². The van der Waals surface area contributed by atoms with Gasteiger partial charge in [-0.05, 0) is 29.9 Å². The van der Waals surface area contributed by atoms with Crippen molar-refractivity contribution < 1.29 is 13.2 Å². The fraction of sp³-hybridized carbons (Fsp3) is 0.409. The molecule has 0 saturated heterocycles. The first kappa shape index (κ1) is 22.1. The molecule has 6 heteroatoms. The monoisotopic (exact) mass is 402 g/mol. The van der Waals surface area contributed by atoms with Crippen LogP contribution in [0.3, 0.4) is 0 Å². The molecule has 0 spiro atoms. The fourth-order valence-corrected chi connectivity index (χ4v) is 4.10. The summed E-state index contributed by atoms with van der Waals surface area (Å²) in [4.78, 5) is 13.0. The Morgan fingerprint density at radius 2 is 1.54 bits per heavy atom. The van der Waals surface area contributed by atoms with Crippen LogP contribution in [0.25, 0.3) is 0 Å². The van der Waals surface area contributed by atoms with Crippen molar-refractivity contribution in [3.05, 3.63) is 71.8 Å². The highest BCUT2D eigenvalue weighted by Gasteiger charge is 2.32. The number of hydrogen-bond acceptors (Lipinski definition) is 3. The molecule has 0 bridgehead atoms. The summed E-state index contributed by atoms with van der Waals surface area (Å²) >= 11 is 0. The minimum absolute atomic E-state index is 0.123. The highest BCUT2D eigenvalue weighted by molar-refractivity contribution is 7.88. The van der Waals surface area contributed by atoms with E-state index in [-0.39, 0.29) is 17.4 Å². The van der Waals surface area contributed by atoms with Crippen LogP contribution in [0.5, 0.6) is 0 Å². The number of hydrogen-bond donors (Lipinski definition) is 1. The van der Waals surface area contributed by atoms with E-state index >= 15 is 0 Å². The number of sulfonamides is 1. The third-order valence-electron chi connectivity index (χ3n) is 5.01. The summed E-state index contributed by atoms with van der Waals surface area (Å²) < 4.78 is 25.3. The third kappa shape index (κ3) is 5.66. The smallest absolute Gasteiger partial charge is 0.243 e. The van der Waals surface area contributed by atoms with Crippen LogP contribution in [0.4, 0.5) is 0 Å². The van der Waals surface area contributed by atoms with E-state index in [0.717, 1.165) is 17.0 Å². The molecular weight excluding hydrogens is 372 g/mol. The lowest BCUT2D eigenvalue weighted by Crippen LogP contribution is -2.45. The normalized spacial score (nSPS) is 14.5. The van der Waals surface area contributed by atoms with Gasteiger partial charge in [-0.25, -0.2) is 8.42 Å². The van der Waals surface area contributed by atoms with Crippen molar-refractivity contribution in [1.29, 1.82) is 0 Å². The van der Waals surface area contributed by atoms with Crippen LogP contribution in [-0.2, 0) is 20.2 Å². The Balaban J connectivity index is 2.19. The summed E-state index contributed by atoms with van der Waals surface area (Å²) in [6.45, 7) is 6.23. The van der Waals surface area contributed by atoms with Gasteiger partial charge in [-0.3, -0.25) is 4.79 Å². The first-order valence-electron chi connectivity index (χ1n) is 9.36. The molecule has 0 heterocycles. The molecule has 2 atom stereocenters. The summed E-state index contributed by atoms with van der Waals surface area (Å²) in [5.74, 6) is -0.324. The second-order valence-corrected chi connectivity index (χ2v) is 10.00. The first-order chi connectivity index (χ1) is 13.0. The molecule has 2 aromatic carbocycles. The van der Waals surface area contributed by atoms with Crippen molar-refractivity contribution in [2.45, 2.75) is 44.7 Å². The fourth-order valence-electron chi connectivity index (χ4n) is 3.50. The molecule has 152 valence electrons. The van der Waals surface area contributed by atoms with Crippen molar-refractivity contribution in [3.63, 3.8) is 0 Å². The maximum absolute atomic E-state index is 13.0. The molecule has 5 nitrogen and oxygen atoms in total. The van der Waals surface area contributed by atoms with Crippen LogP contribution in [0.2, 0.25) is 0 Å². The van der Waals surface area contributed by atoms with Gasteiger partial charge < -0.3 is 5.32 Å². The molecule has 1 amide bonds. The Morgan fingerprint density at radius 3 is 2.04 bits per heavy atom. The number of benzene rings is 2. The van der Waals surface area contributed by atoms with Gasteiger partial charge in [0.2, 0.25) is 15.9 Å². The minimum Gasteiger partial charge on any atom is -0.352 e. The maximum atomic E-state index is 13.0. The van der Waals surface area contributed by atoms with Gasteiger partial charge in [0.05, 0.1) is 6.26 Å². The molecule has 2 rings (SSSR count). The number of nitrogens with zero attached hydrogens (tertiary/aromatic N) is 1. The van der Waals surface area contributed by atoms with E-state index < -0.39 is 16.1 Å². The molecule has 2 aromatic rings. The lowest BCUT2D eigenvalue weighted by Gasteiger charge is -2.31. The Labute approximate surface area is 168 Å². The zero-order valence-corrected chi connectivity index (χ0v) is 18.0. The van der Waals surface area contributed by atoms with Crippen molar-refractivity contribution in [2.24, 2.45) is 0 Å². The summed E-state index contributed by atoms with van der Waals surface area (Å²) in [5, 5.41) is 3.01. The molecule has 0 unspecified atom stereocenters. The molecule has 0 radical (unpaired) electrons. The van der Waals surface area contributed by atoms with Gasteiger partial charge in [-0.15, -0.1) is 0 Å². The van der Waals surface area contributed by atoms with Crippen molar-refractivity contribution >= 4 is 15.9 Å². The predicted molar refractivity (Wildman–Crippen MR) is 113 cm³/mol. The molecule has 0 aliphatic heterocycles. The lowest BCUT2D eigenvalue weighted by atomic mass is 9.79. The van der Waals surface area contributed by atoms with Crippen LogP contribution in [-0.4, -0.2) is 38.0 Å². The Morgan fingerprint density at radius 1 is 1.04 bits per heavy atom. The molecule has 1 N–H and O–H groups in total. The quantitative estimate of drug-likeness (QED) is 0.735. The zero-order valence-electron chi connectivity index (χ0n) is 17.2. The number of rotatable bonds is 8. The minimum atomic E-state index is -3.54. The molecule has 0 aliphatic carbocycles. The third-order valence-corrected chi connectivity index (χ3v) is 6.27. The van der Waals surface area contributed by atoms with Crippen molar-refractivity contribution in [3.8, 4) is 0 Å². The van der Waals surface area contributed by atoms with Crippen LogP contribution in [0.1, 0.15) is 44.4 Å². The van der Waals surface area contributed by atoms with Gasteiger partial charge in [0.25, 0.3) is 0 Å². The Kier molecular flexibility index (Phi) is 7.01. The van der Waals surface area contributed by atoms with E-state index in [2.05, 4.69) is 31.3 Å². The number of likely N-dealkylation sites (N-methyl/N-ethyl adjacent to an activating group) is 1. The van der Waals surface area contributed by atoms with E-state index in [9.17, 15) is 13.2 Å². The molecule has 0 fully saturated rings. The van der Waals surface area contributed by atoms with E-state index in [4.69, 9.17) is 0 Å². The van der Waals surface area contributed by atoms with Crippen molar-refractivity contribution in [2.75, 3.05) is 13.3 Å². The van der Waals surface area contributed by atoms with Gasteiger partial charge >= 0.3 is 0 Å². The SMILES string of the molecule is C[C@@H](CC(C)(C)c1ccccc1)NC(=O)[C@H](c1ccccc1)N(C)S(C)(=O)=O. The van der Waals surface area contributed by atoms with Gasteiger partial charge in [0.15, 0.2) is 0 Å². The second kappa shape index (κ2) is 8.88. The highest BCUT2D eigenvalue weighted by atomic mass is 32.2. The Hall–Kier alpha value is -2.18. The summed E-state index contributed by atoms with van der Waals surface area (Å²) in [5.41, 5.74) is 1.71. The van der Waals surface area contributed by atoms with E-state index in [1.807, 2.05) is 31.2 Å². The van der Waals surface area contributed by atoms with Gasteiger partial charge in [-0.1, -0.05) is 74.5 Å². The topological polar surface area (TPSA) is 66.5 Å². The number of carbonyl (C=O) groups excluding carboxylic acids is 1. The van der Waals surface area contributed by atoms with Crippen molar-refractivity contribution in [1.82, 2.24) is 9.62 Å². The Bertz CT molecular complexity index is 881. The first-order valence-corrected chi connectivity index (χ1v) is 11.2. The van der Waals surface area contributed by atoms with Crippen LogP contribution in [0.15, 0.2) is 60.7 Å². The maximum Gasteiger partial charge on any atom is 0.243 e. The van der Waals surface area contributed by atoms with Crippen LogP contribution >= 0.6 is 0 Å². The van der Waals surface area contributed by atoms with Gasteiger partial charge in [0.1, 0.15) is 6.04 Å². The largest absolute Gasteiger partial charge is 0.352 e. The summed E-state index contributed by atoms with van der Waals surface area (Å²) in [7, 11) is -2.10. The molecule has 28 heavy (non-hydrogen) atoms.